The van der Waals surface area contributed by atoms with Gasteiger partial charge in [-0.15, -0.1) is 12.4 Å². The fourth-order valence-electron chi connectivity index (χ4n) is 2.71. The number of sulfonamides is 1. The van der Waals surface area contributed by atoms with Gasteiger partial charge < -0.3 is 19.9 Å². The lowest BCUT2D eigenvalue weighted by atomic mass is 10.1. The third-order valence-corrected chi connectivity index (χ3v) is 5.86. The molecule has 0 spiro atoms. The second-order valence-corrected chi connectivity index (χ2v) is 7.16. The van der Waals surface area contributed by atoms with Gasteiger partial charge in [-0.25, -0.2) is 8.42 Å². The third-order valence-electron chi connectivity index (χ3n) is 3.91. The number of methoxy groups -OCH3 is 2. The van der Waals surface area contributed by atoms with E-state index in [9.17, 15) is 8.42 Å². The molecule has 0 atom stereocenters. The molecule has 1 saturated heterocycles. The zero-order valence-electron chi connectivity index (χ0n) is 13.9. The number of rotatable bonds is 7. The smallest absolute Gasteiger partial charge is 0.243 e. The highest BCUT2D eigenvalue weighted by Crippen LogP contribution is 2.31. The number of hydrogen-bond donors (Lipinski definition) is 1. The van der Waals surface area contributed by atoms with E-state index in [-0.39, 0.29) is 36.4 Å². The summed E-state index contributed by atoms with van der Waals surface area (Å²) in [6, 6.07) is 4.51. The number of benzene rings is 1. The second-order valence-electron chi connectivity index (χ2n) is 5.26. The summed E-state index contributed by atoms with van der Waals surface area (Å²) in [4.78, 5) is 0.176. The Hall–Kier alpha value is -1.06. The van der Waals surface area contributed by atoms with Gasteiger partial charge in [-0.1, -0.05) is 0 Å². The van der Waals surface area contributed by atoms with Crippen LogP contribution in [0.3, 0.4) is 0 Å². The fraction of sp³-hybridized carbons (Fsp3) is 0.600. The first-order valence-corrected chi connectivity index (χ1v) is 9.00. The normalized spacial score (nSPS) is 15.8. The Morgan fingerprint density at radius 2 is 1.83 bits per heavy atom. The quantitative estimate of drug-likeness (QED) is 0.765. The highest BCUT2D eigenvalue weighted by atomic mass is 35.5. The molecule has 9 heteroatoms. The molecular formula is C15H25ClN2O5S. The lowest BCUT2D eigenvalue weighted by molar-refractivity contribution is 0.0590. The minimum atomic E-state index is -3.66. The number of nitrogens with zero attached hydrogens (tertiary/aromatic N) is 1. The largest absolute Gasteiger partial charge is 0.493 e. The third kappa shape index (κ3) is 4.52. The van der Waals surface area contributed by atoms with E-state index < -0.39 is 10.0 Å². The van der Waals surface area contributed by atoms with Crippen LogP contribution in [0.4, 0.5) is 0 Å². The minimum absolute atomic E-state index is 0. The Bertz CT molecular complexity index is 620. The van der Waals surface area contributed by atoms with Crippen molar-refractivity contribution in [2.75, 3.05) is 40.5 Å². The van der Waals surface area contributed by atoms with Crippen molar-refractivity contribution in [2.45, 2.75) is 23.8 Å². The highest BCUT2D eigenvalue weighted by Gasteiger charge is 2.32. The van der Waals surface area contributed by atoms with E-state index >= 15 is 0 Å². The molecule has 0 bridgehead atoms. The van der Waals surface area contributed by atoms with E-state index in [0.717, 1.165) is 0 Å². The molecule has 1 heterocycles. The van der Waals surface area contributed by atoms with E-state index in [1.54, 1.807) is 6.07 Å². The van der Waals surface area contributed by atoms with Gasteiger partial charge in [0, 0.05) is 38.4 Å². The molecule has 1 aromatic carbocycles. The predicted octanol–water partition coefficient (Wildman–Crippen LogP) is 1.25. The Morgan fingerprint density at radius 3 is 2.38 bits per heavy atom. The van der Waals surface area contributed by atoms with Crippen LogP contribution in [0.2, 0.25) is 0 Å². The summed E-state index contributed by atoms with van der Waals surface area (Å²) >= 11 is 0. The molecular weight excluding hydrogens is 356 g/mol. The van der Waals surface area contributed by atoms with Crippen LogP contribution in [0.5, 0.6) is 11.5 Å². The van der Waals surface area contributed by atoms with Gasteiger partial charge >= 0.3 is 0 Å². The fourth-order valence-corrected chi connectivity index (χ4v) is 4.43. The van der Waals surface area contributed by atoms with Crippen LogP contribution < -0.4 is 15.2 Å². The van der Waals surface area contributed by atoms with Gasteiger partial charge in [0.1, 0.15) is 0 Å². The van der Waals surface area contributed by atoms with Crippen LogP contribution >= 0.6 is 12.4 Å². The van der Waals surface area contributed by atoms with Crippen molar-refractivity contribution < 1.29 is 22.6 Å². The molecule has 0 radical (unpaired) electrons. The van der Waals surface area contributed by atoms with Crippen LogP contribution in [-0.2, 0) is 14.8 Å². The van der Waals surface area contributed by atoms with Crippen molar-refractivity contribution in [2.24, 2.45) is 5.73 Å². The van der Waals surface area contributed by atoms with Crippen molar-refractivity contribution >= 4 is 22.4 Å². The Labute approximate surface area is 149 Å². The van der Waals surface area contributed by atoms with E-state index in [2.05, 4.69) is 0 Å². The lowest BCUT2D eigenvalue weighted by Crippen LogP contribution is -2.45. The standard InChI is InChI=1S/C15H24N2O5S.ClH/c1-20-14-4-3-13(11-15(14)21-2)23(18,19)17(8-7-16)12-5-9-22-10-6-12;/h3-4,11-12H,5-10,16H2,1-2H3;1H. The molecule has 24 heavy (non-hydrogen) atoms. The van der Waals surface area contributed by atoms with E-state index in [4.69, 9.17) is 19.9 Å². The van der Waals surface area contributed by atoms with Gasteiger partial charge in [0.05, 0.1) is 19.1 Å². The van der Waals surface area contributed by atoms with Gasteiger partial charge in [-0.05, 0) is 25.0 Å². The molecule has 1 aliphatic rings. The predicted molar refractivity (Wildman–Crippen MR) is 93.6 cm³/mol. The minimum Gasteiger partial charge on any atom is -0.493 e. The van der Waals surface area contributed by atoms with Crippen molar-refractivity contribution in [3.8, 4) is 11.5 Å². The maximum atomic E-state index is 13.0. The maximum absolute atomic E-state index is 13.0. The summed E-state index contributed by atoms with van der Waals surface area (Å²) in [6.07, 6.45) is 1.35. The first-order chi connectivity index (χ1) is 11.0. The molecule has 0 aliphatic carbocycles. The van der Waals surface area contributed by atoms with Crippen LogP contribution in [-0.4, -0.2) is 59.3 Å². The molecule has 0 amide bonds. The highest BCUT2D eigenvalue weighted by molar-refractivity contribution is 7.89. The molecule has 0 aromatic heterocycles. The van der Waals surface area contributed by atoms with Gasteiger partial charge in [0.15, 0.2) is 11.5 Å². The van der Waals surface area contributed by atoms with Crippen molar-refractivity contribution in [1.29, 1.82) is 0 Å². The van der Waals surface area contributed by atoms with Gasteiger partial charge in [0.2, 0.25) is 10.0 Å². The van der Waals surface area contributed by atoms with Crippen molar-refractivity contribution in [3.63, 3.8) is 0 Å². The average Bonchev–Trinajstić information content (AvgIpc) is 2.59. The summed E-state index contributed by atoms with van der Waals surface area (Å²) < 4.78 is 43.2. The summed E-state index contributed by atoms with van der Waals surface area (Å²) in [6.45, 7) is 1.67. The van der Waals surface area contributed by atoms with E-state index in [1.807, 2.05) is 0 Å². The molecule has 2 N–H and O–H groups in total. The molecule has 7 nitrogen and oxygen atoms in total. The summed E-state index contributed by atoms with van der Waals surface area (Å²) in [5.41, 5.74) is 5.63. The van der Waals surface area contributed by atoms with Crippen LogP contribution in [0, 0.1) is 0 Å². The topological polar surface area (TPSA) is 91.1 Å². The molecule has 138 valence electrons. The maximum Gasteiger partial charge on any atom is 0.243 e. The number of hydrogen-bond acceptors (Lipinski definition) is 6. The van der Waals surface area contributed by atoms with E-state index in [1.165, 1.54) is 30.7 Å². The zero-order chi connectivity index (χ0) is 16.9. The first kappa shape index (κ1) is 21.0. The number of halogens is 1. The molecule has 0 unspecified atom stereocenters. The monoisotopic (exact) mass is 380 g/mol. The summed E-state index contributed by atoms with van der Waals surface area (Å²) in [7, 11) is -0.673. The molecule has 0 saturated carbocycles. The van der Waals surface area contributed by atoms with Crippen molar-refractivity contribution in [3.05, 3.63) is 18.2 Å². The molecule has 1 aliphatic heterocycles. The van der Waals surface area contributed by atoms with Crippen LogP contribution in [0.1, 0.15) is 12.8 Å². The Morgan fingerprint density at radius 1 is 1.21 bits per heavy atom. The Kier molecular flexibility index (Phi) is 8.24. The summed E-state index contributed by atoms with van der Waals surface area (Å²) in [5.74, 6) is 0.871. The van der Waals surface area contributed by atoms with Gasteiger partial charge in [-0.3, -0.25) is 0 Å². The zero-order valence-corrected chi connectivity index (χ0v) is 15.6. The van der Waals surface area contributed by atoms with Gasteiger partial charge in [-0.2, -0.15) is 4.31 Å². The lowest BCUT2D eigenvalue weighted by Gasteiger charge is -2.33. The summed E-state index contributed by atoms with van der Waals surface area (Å²) in [5, 5.41) is 0. The van der Waals surface area contributed by atoms with E-state index in [0.29, 0.717) is 37.6 Å². The number of ether oxygens (including phenoxy) is 3. The molecule has 1 fully saturated rings. The SMILES string of the molecule is COc1ccc(S(=O)(=O)N(CCN)C2CCOCC2)cc1OC.Cl. The van der Waals surface area contributed by atoms with Crippen LogP contribution in [0.15, 0.2) is 23.1 Å². The first-order valence-electron chi connectivity index (χ1n) is 7.56. The molecule has 1 aromatic rings. The molecule has 2 rings (SSSR count). The van der Waals surface area contributed by atoms with Crippen LogP contribution in [0.25, 0.3) is 0 Å². The number of nitrogens with two attached hydrogens (primary N) is 1. The van der Waals surface area contributed by atoms with Crippen molar-refractivity contribution in [1.82, 2.24) is 4.31 Å². The Balaban J connectivity index is 0.00000288. The average molecular weight is 381 g/mol. The second kappa shape index (κ2) is 9.43. The van der Waals surface area contributed by atoms with Gasteiger partial charge in [0.25, 0.3) is 0 Å².